The average Bonchev–Trinajstić information content (AvgIpc) is 3.43. The summed E-state index contributed by atoms with van der Waals surface area (Å²) in [4.78, 5) is 49.4. The van der Waals surface area contributed by atoms with Crippen LogP contribution in [0.2, 0.25) is 0 Å². The minimum atomic E-state index is -0.574. The van der Waals surface area contributed by atoms with Gasteiger partial charge in [0.1, 0.15) is 23.8 Å². The number of ether oxygens (including phenoxy) is 2. The van der Waals surface area contributed by atoms with E-state index in [0.29, 0.717) is 36.0 Å². The number of rotatable bonds is 10. The smallest absolute Gasteiger partial charge is 0.412 e. The van der Waals surface area contributed by atoms with Crippen molar-refractivity contribution in [1.82, 2.24) is 20.6 Å². The third kappa shape index (κ3) is 8.39. The molecule has 1 saturated heterocycles. The van der Waals surface area contributed by atoms with Crippen LogP contribution < -0.4 is 20.9 Å². The molecule has 2 aromatic carbocycles. The second kappa shape index (κ2) is 14.7. The summed E-state index contributed by atoms with van der Waals surface area (Å²) in [5.41, 5.74) is 3.14. The Bertz CT molecular complexity index is 1510. The fourth-order valence-corrected chi connectivity index (χ4v) is 6.30. The summed E-state index contributed by atoms with van der Waals surface area (Å²) in [5, 5.41) is 8.71. The number of carbonyl (C=O) groups excluding carboxylic acids is 3. The summed E-state index contributed by atoms with van der Waals surface area (Å²) in [6, 6.07) is 16.6. The van der Waals surface area contributed by atoms with Crippen molar-refractivity contribution >= 4 is 29.4 Å². The zero-order valence-electron chi connectivity index (χ0n) is 27.0. The van der Waals surface area contributed by atoms with Crippen LogP contribution in [0.25, 0.3) is 11.1 Å². The van der Waals surface area contributed by atoms with Gasteiger partial charge in [-0.15, -0.1) is 0 Å². The van der Waals surface area contributed by atoms with Crippen molar-refractivity contribution in [3.05, 3.63) is 72.2 Å². The molecule has 0 unspecified atom stereocenters. The maximum absolute atomic E-state index is 13.2. The van der Waals surface area contributed by atoms with Gasteiger partial charge in [-0.25, -0.2) is 14.8 Å². The topological polar surface area (TPSA) is 135 Å². The molecular formula is C35H44N6O5. The first kappa shape index (κ1) is 32.9. The first-order chi connectivity index (χ1) is 22.1. The fraction of sp³-hybridized carbons (Fsp3) is 0.457. The first-order valence-electron chi connectivity index (χ1n) is 16.0. The molecule has 0 spiro atoms. The second-order valence-corrected chi connectivity index (χ2v) is 12.9. The fourth-order valence-electron chi connectivity index (χ4n) is 6.30. The molecule has 0 bridgehead atoms. The van der Waals surface area contributed by atoms with Crippen LogP contribution in [0.1, 0.15) is 68.9 Å². The van der Waals surface area contributed by atoms with Gasteiger partial charge in [0.15, 0.2) is 0 Å². The monoisotopic (exact) mass is 628 g/mol. The molecule has 11 heteroatoms. The molecule has 0 radical (unpaired) electrons. The number of amides is 3. The third-order valence-electron chi connectivity index (χ3n) is 8.41. The maximum Gasteiger partial charge on any atom is 0.412 e. The van der Waals surface area contributed by atoms with Crippen LogP contribution in [-0.4, -0.2) is 65.8 Å². The van der Waals surface area contributed by atoms with Gasteiger partial charge in [0.2, 0.25) is 5.91 Å². The Hall–Kier alpha value is -4.51. The molecule has 46 heavy (non-hydrogen) atoms. The van der Waals surface area contributed by atoms with Gasteiger partial charge in [-0.05, 0) is 81.3 Å². The lowest BCUT2D eigenvalue weighted by molar-refractivity contribution is -0.122. The molecule has 3 atom stereocenters. The van der Waals surface area contributed by atoms with E-state index in [4.69, 9.17) is 9.47 Å². The van der Waals surface area contributed by atoms with E-state index < -0.39 is 11.7 Å². The molecular weight excluding hydrogens is 584 g/mol. The Morgan fingerprint density at radius 3 is 2.33 bits per heavy atom. The van der Waals surface area contributed by atoms with E-state index in [1.807, 2.05) is 63.2 Å². The molecule has 244 valence electrons. The van der Waals surface area contributed by atoms with Crippen LogP contribution in [0.5, 0.6) is 0 Å². The highest BCUT2D eigenvalue weighted by molar-refractivity contribution is 5.94. The van der Waals surface area contributed by atoms with Crippen LogP contribution in [0, 0.1) is 5.92 Å². The maximum atomic E-state index is 13.2. The number of benzene rings is 2. The van der Waals surface area contributed by atoms with Crippen LogP contribution in [-0.2, 0) is 20.8 Å². The van der Waals surface area contributed by atoms with Crippen molar-refractivity contribution in [2.45, 2.75) is 77.1 Å². The van der Waals surface area contributed by atoms with E-state index in [2.05, 4.69) is 30.8 Å². The molecule has 11 nitrogen and oxygen atoms in total. The number of anilines is 2. The molecule has 1 aliphatic carbocycles. The van der Waals surface area contributed by atoms with Crippen LogP contribution in [0.4, 0.5) is 16.3 Å². The molecule has 3 amide bonds. The van der Waals surface area contributed by atoms with E-state index in [-0.39, 0.29) is 30.4 Å². The van der Waals surface area contributed by atoms with Gasteiger partial charge < -0.3 is 25.0 Å². The number of aromatic nitrogens is 2. The van der Waals surface area contributed by atoms with Crippen molar-refractivity contribution in [2.24, 2.45) is 5.92 Å². The predicted octanol–water partition coefficient (Wildman–Crippen LogP) is 5.32. The number of nitrogens with one attached hydrogen (secondary N) is 3. The zero-order chi connectivity index (χ0) is 32.7. The highest BCUT2D eigenvalue weighted by Crippen LogP contribution is 2.41. The van der Waals surface area contributed by atoms with Crippen LogP contribution >= 0.6 is 0 Å². The van der Waals surface area contributed by atoms with Crippen molar-refractivity contribution in [2.75, 3.05) is 30.5 Å². The van der Waals surface area contributed by atoms with Gasteiger partial charge in [-0.1, -0.05) is 37.1 Å². The number of nitrogens with zero attached hydrogens (tertiary/aromatic N) is 3. The summed E-state index contributed by atoms with van der Waals surface area (Å²) in [6.45, 7) is 6.61. The quantitative estimate of drug-likeness (QED) is 0.257. The molecule has 3 N–H and O–H groups in total. The minimum Gasteiger partial charge on any atom is -0.444 e. The number of carbonyl (C=O) groups is 3. The van der Waals surface area contributed by atoms with E-state index in [1.165, 1.54) is 12.7 Å². The van der Waals surface area contributed by atoms with Crippen LogP contribution in [0.3, 0.4) is 0 Å². The Balaban J connectivity index is 1.20. The zero-order valence-corrected chi connectivity index (χ0v) is 27.0. The second-order valence-electron chi connectivity index (χ2n) is 12.9. The van der Waals surface area contributed by atoms with Gasteiger partial charge in [0.25, 0.3) is 5.91 Å². The summed E-state index contributed by atoms with van der Waals surface area (Å²) >= 11 is 0. The largest absolute Gasteiger partial charge is 0.444 e. The lowest BCUT2D eigenvalue weighted by atomic mass is 9.84. The molecule has 5 rings (SSSR count). The lowest BCUT2D eigenvalue weighted by Crippen LogP contribution is -2.47. The van der Waals surface area contributed by atoms with Crippen LogP contribution in [0.15, 0.2) is 60.9 Å². The summed E-state index contributed by atoms with van der Waals surface area (Å²) in [6.07, 6.45) is 6.29. The van der Waals surface area contributed by atoms with Crippen molar-refractivity contribution in [3.8, 4) is 11.1 Å². The molecule has 1 aromatic heterocycles. The minimum absolute atomic E-state index is 0.00299. The first-order valence-corrected chi connectivity index (χ1v) is 16.0. The van der Waals surface area contributed by atoms with E-state index in [9.17, 15) is 14.4 Å². The van der Waals surface area contributed by atoms with Gasteiger partial charge >= 0.3 is 6.09 Å². The Kier molecular flexibility index (Phi) is 10.5. The third-order valence-corrected chi connectivity index (χ3v) is 8.41. The SMILES string of the molecule is COCCNC(=O)[C@@H]1C[C@@H]2CCCC[C@@H]2N1c1cc(CNC(=O)c2ccc(-c3ccc(NC(=O)OC(C)(C)C)cc3)cc2)ncn1. The molecule has 1 aliphatic heterocycles. The van der Waals surface area contributed by atoms with E-state index in [0.717, 1.165) is 42.6 Å². The van der Waals surface area contributed by atoms with Crippen molar-refractivity contribution in [3.63, 3.8) is 0 Å². The molecule has 1 saturated carbocycles. The summed E-state index contributed by atoms with van der Waals surface area (Å²) < 4.78 is 10.4. The molecule has 2 aliphatic rings. The molecule has 3 aromatic rings. The Labute approximate surface area is 270 Å². The normalized spacial score (nSPS) is 19.2. The standard InChI is InChI=1S/C35H44N6O5/c1-35(2,3)46-34(44)40-27-15-13-24(14-16-27)23-9-11-25(12-10-23)32(42)37-21-28-20-31(39-22-38-28)41-29-8-6-5-7-26(29)19-30(41)33(43)36-17-18-45-4/h9-16,20,22,26,29-30H,5-8,17-19,21H2,1-4H3,(H,36,43)(H,37,42)(H,40,44)/t26-,29-,30-/m0/s1. The number of hydrogen-bond donors (Lipinski definition) is 3. The van der Waals surface area contributed by atoms with Gasteiger partial charge in [-0.3, -0.25) is 14.9 Å². The van der Waals surface area contributed by atoms with Gasteiger partial charge in [0.05, 0.1) is 18.8 Å². The summed E-state index contributed by atoms with van der Waals surface area (Å²) in [5.74, 6) is 0.960. The van der Waals surface area contributed by atoms with E-state index >= 15 is 0 Å². The summed E-state index contributed by atoms with van der Waals surface area (Å²) in [7, 11) is 1.62. The van der Waals surface area contributed by atoms with Crippen molar-refractivity contribution in [1.29, 1.82) is 0 Å². The Morgan fingerprint density at radius 1 is 0.935 bits per heavy atom. The molecule has 2 heterocycles. The van der Waals surface area contributed by atoms with Gasteiger partial charge in [0, 0.05) is 37.0 Å². The number of hydrogen-bond acceptors (Lipinski definition) is 8. The average molecular weight is 629 g/mol. The number of methoxy groups -OCH3 is 1. The predicted molar refractivity (Wildman–Crippen MR) is 176 cm³/mol. The van der Waals surface area contributed by atoms with E-state index in [1.54, 1.807) is 19.2 Å². The lowest BCUT2D eigenvalue weighted by Gasteiger charge is -2.34. The number of fused-ring (bicyclic) bond motifs is 1. The highest BCUT2D eigenvalue weighted by atomic mass is 16.6. The Morgan fingerprint density at radius 2 is 1.63 bits per heavy atom. The highest BCUT2D eigenvalue weighted by Gasteiger charge is 2.45. The molecule has 2 fully saturated rings. The van der Waals surface area contributed by atoms with Gasteiger partial charge in [-0.2, -0.15) is 0 Å². The van der Waals surface area contributed by atoms with Crippen molar-refractivity contribution < 1.29 is 23.9 Å².